The lowest BCUT2D eigenvalue weighted by Gasteiger charge is -2.37. The first kappa shape index (κ1) is 22.3. The minimum absolute atomic E-state index is 0.134. The van der Waals surface area contributed by atoms with Crippen molar-refractivity contribution in [1.82, 2.24) is 4.72 Å². The van der Waals surface area contributed by atoms with Gasteiger partial charge in [0.25, 0.3) is 0 Å². The van der Waals surface area contributed by atoms with Crippen LogP contribution >= 0.6 is 0 Å². The third kappa shape index (κ3) is 6.51. The molecule has 0 aromatic heterocycles. The highest BCUT2D eigenvalue weighted by atomic mass is 32.2. The molecule has 1 aromatic carbocycles. The summed E-state index contributed by atoms with van der Waals surface area (Å²) in [5, 5.41) is 0.134. The third-order valence-corrected chi connectivity index (χ3v) is 10.8. The summed E-state index contributed by atoms with van der Waals surface area (Å²) < 4.78 is 27.3. The Hall–Kier alpha value is -0.693. The Bertz CT molecular complexity index is 591. The molecule has 1 aromatic rings. The molecule has 0 unspecified atom stereocenters. The van der Waals surface area contributed by atoms with Gasteiger partial charge in [0.05, 0.1) is 35.5 Å². The standard InChI is InChI=1S/C19H35NO3SSi/c1-18(2,3)24(21)20-17(14-23-25(8,9)19(4,5)6)15-11-10-12-16(13-15)22-7/h10-13,17,20H,14H2,1-9H3/t17-,24+/m0/s1. The highest BCUT2D eigenvalue weighted by Gasteiger charge is 2.38. The molecule has 0 saturated heterocycles. The molecule has 0 fully saturated rings. The zero-order valence-electron chi connectivity index (χ0n) is 17.2. The van der Waals surface area contributed by atoms with Crippen molar-refractivity contribution in [3.63, 3.8) is 0 Å². The Labute approximate surface area is 157 Å². The molecular formula is C19H35NO3SSi. The molecule has 2 atom stereocenters. The number of rotatable bonds is 7. The molecule has 0 bridgehead atoms. The second-order valence-corrected chi connectivity index (χ2v) is 15.7. The van der Waals surface area contributed by atoms with E-state index in [1.54, 1.807) is 7.11 Å². The predicted molar refractivity (Wildman–Crippen MR) is 110 cm³/mol. The smallest absolute Gasteiger partial charge is 0.192 e. The van der Waals surface area contributed by atoms with Crippen molar-refractivity contribution in [2.45, 2.75) is 70.5 Å². The number of hydrogen-bond donors (Lipinski definition) is 1. The lowest BCUT2D eigenvalue weighted by atomic mass is 10.1. The Morgan fingerprint density at radius 2 is 1.76 bits per heavy atom. The average molecular weight is 386 g/mol. The van der Waals surface area contributed by atoms with E-state index in [9.17, 15) is 4.21 Å². The normalized spacial score (nSPS) is 15.7. The van der Waals surface area contributed by atoms with Gasteiger partial charge in [0, 0.05) is 0 Å². The van der Waals surface area contributed by atoms with Crippen LogP contribution in [0.15, 0.2) is 24.3 Å². The number of benzene rings is 1. The summed E-state index contributed by atoms with van der Waals surface area (Å²) in [6.07, 6.45) is 0. The highest BCUT2D eigenvalue weighted by molar-refractivity contribution is 7.84. The van der Waals surface area contributed by atoms with Crippen LogP contribution in [0.3, 0.4) is 0 Å². The molecule has 4 nitrogen and oxygen atoms in total. The third-order valence-electron chi connectivity index (χ3n) is 4.72. The van der Waals surface area contributed by atoms with Gasteiger partial charge in [0.15, 0.2) is 8.32 Å². The van der Waals surface area contributed by atoms with E-state index in [0.717, 1.165) is 11.3 Å². The molecule has 0 amide bonds. The second kappa shape index (κ2) is 8.33. The predicted octanol–water partition coefficient (Wildman–Crippen LogP) is 4.81. The van der Waals surface area contributed by atoms with Crippen molar-refractivity contribution in [2.75, 3.05) is 13.7 Å². The van der Waals surface area contributed by atoms with Crippen LogP contribution in [0.5, 0.6) is 5.75 Å². The van der Waals surface area contributed by atoms with E-state index in [1.165, 1.54) is 0 Å². The van der Waals surface area contributed by atoms with E-state index < -0.39 is 19.3 Å². The molecule has 0 aliphatic carbocycles. The number of nitrogens with one attached hydrogen (secondary N) is 1. The van der Waals surface area contributed by atoms with Crippen LogP contribution in [0.2, 0.25) is 18.1 Å². The van der Waals surface area contributed by atoms with Gasteiger partial charge in [-0.05, 0) is 56.6 Å². The van der Waals surface area contributed by atoms with Gasteiger partial charge in [-0.1, -0.05) is 32.9 Å². The molecule has 0 heterocycles. The SMILES string of the molecule is COc1cccc([C@H](CO[Si](C)(C)C(C)(C)C)N[S@](=O)C(C)(C)C)c1. The summed E-state index contributed by atoms with van der Waals surface area (Å²) in [5.41, 5.74) is 1.02. The molecule has 144 valence electrons. The van der Waals surface area contributed by atoms with Crippen LogP contribution in [0.1, 0.15) is 53.1 Å². The van der Waals surface area contributed by atoms with Crippen LogP contribution in [0.25, 0.3) is 0 Å². The molecular weight excluding hydrogens is 350 g/mol. The first-order valence-corrected chi connectivity index (χ1v) is 12.8. The van der Waals surface area contributed by atoms with Crippen LogP contribution in [-0.2, 0) is 15.4 Å². The quantitative estimate of drug-likeness (QED) is 0.685. The maximum Gasteiger partial charge on any atom is 0.192 e. The molecule has 25 heavy (non-hydrogen) atoms. The van der Waals surface area contributed by atoms with Crippen molar-refractivity contribution in [3.8, 4) is 5.75 Å². The van der Waals surface area contributed by atoms with Gasteiger partial charge in [0.1, 0.15) is 5.75 Å². The molecule has 0 radical (unpaired) electrons. The summed E-state index contributed by atoms with van der Waals surface area (Å²) >= 11 is 0. The van der Waals surface area contributed by atoms with Crippen molar-refractivity contribution in [1.29, 1.82) is 0 Å². The fraction of sp³-hybridized carbons (Fsp3) is 0.684. The molecule has 0 spiro atoms. The van der Waals surface area contributed by atoms with Crippen molar-refractivity contribution in [2.24, 2.45) is 0 Å². The summed E-state index contributed by atoms with van der Waals surface area (Å²) in [6, 6.07) is 7.72. The minimum Gasteiger partial charge on any atom is -0.497 e. The molecule has 0 saturated carbocycles. The van der Waals surface area contributed by atoms with E-state index in [0.29, 0.717) is 6.61 Å². The van der Waals surface area contributed by atoms with Crippen LogP contribution in [-0.4, -0.2) is 31.0 Å². The van der Waals surface area contributed by atoms with Crippen molar-refractivity contribution >= 4 is 19.3 Å². The van der Waals surface area contributed by atoms with E-state index in [4.69, 9.17) is 9.16 Å². The number of ether oxygens (including phenoxy) is 1. The van der Waals surface area contributed by atoms with Gasteiger partial charge in [-0.15, -0.1) is 0 Å². The Morgan fingerprint density at radius 3 is 2.24 bits per heavy atom. The average Bonchev–Trinajstić information content (AvgIpc) is 2.49. The zero-order valence-corrected chi connectivity index (χ0v) is 19.0. The fourth-order valence-corrected chi connectivity index (χ4v) is 3.70. The van der Waals surface area contributed by atoms with Crippen LogP contribution in [0, 0.1) is 0 Å². The molecule has 1 rings (SSSR count). The molecule has 0 aliphatic heterocycles. The Balaban J connectivity index is 3.05. The first-order valence-electron chi connectivity index (χ1n) is 8.74. The topological polar surface area (TPSA) is 47.6 Å². The summed E-state index contributed by atoms with van der Waals surface area (Å²) in [7, 11) is -1.42. The van der Waals surface area contributed by atoms with Crippen LogP contribution in [0.4, 0.5) is 0 Å². The summed E-state index contributed by atoms with van der Waals surface area (Å²) in [6.45, 7) is 17.5. The van der Waals surface area contributed by atoms with Crippen molar-refractivity contribution in [3.05, 3.63) is 29.8 Å². The van der Waals surface area contributed by atoms with E-state index >= 15 is 0 Å². The van der Waals surface area contributed by atoms with Gasteiger partial charge in [0.2, 0.25) is 0 Å². The van der Waals surface area contributed by atoms with E-state index in [2.05, 4.69) is 38.6 Å². The first-order chi connectivity index (χ1) is 11.3. The van der Waals surface area contributed by atoms with Crippen molar-refractivity contribution < 1.29 is 13.4 Å². The summed E-state index contributed by atoms with van der Waals surface area (Å²) in [5.74, 6) is 0.790. The second-order valence-electron chi connectivity index (χ2n) is 8.90. The van der Waals surface area contributed by atoms with Gasteiger partial charge < -0.3 is 9.16 Å². The van der Waals surface area contributed by atoms with Crippen LogP contribution < -0.4 is 9.46 Å². The number of methoxy groups -OCH3 is 1. The zero-order chi connectivity index (χ0) is 19.5. The maximum atomic E-state index is 12.6. The van der Waals surface area contributed by atoms with Gasteiger partial charge in [-0.25, -0.2) is 8.93 Å². The van der Waals surface area contributed by atoms with Gasteiger partial charge >= 0.3 is 0 Å². The molecule has 1 N–H and O–H groups in total. The maximum absolute atomic E-state index is 12.6. The van der Waals surface area contributed by atoms with Gasteiger partial charge in [-0.3, -0.25) is 0 Å². The Kier molecular flexibility index (Phi) is 7.45. The Morgan fingerprint density at radius 1 is 1.16 bits per heavy atom. The van der Waals surface area contributed by atoms with Gasteiger partial charge in [-0.2, -0.15) is 0 Å². The molecule has 6 heteroatoms. The lowest BCUT2D eigenvalue weighted by molar-refractivity contribution is 0.257. The fourth-order valence-electron chi connectivity index (χ4n) is 1.87. The van der Waals surface area contributed by atoms with E-state index in [-0.39, 0.29) is 15.8 Å². The monoisotopic (exact) mass is 385 g/mol. The highest BCUT2D eigenvalue weighted by Crippen LogP contribution is 2.37. The summed E-state index contributed by atoms with van der Waals surface area (Å²) in [4.78, 5) is 0. The lowest BCUT2D eigenvalue weighted by Crippen LogP contribution is -2.44. The number of hydrogen-bond acceptors (Lipinski definition) is 3. The largest absolute Gasteiger partial charge is 0.497 e. The van der Waals surface area contributed by atoms with E-state index in [1.807, 2.05) is 45.0 Å². The minimum atomic E-state index is -1.89. The molecule has 0 aliphatic rings.